The van der Waals surface area contributed by atoms with Crippen molar-refractivity contribution in [1.82, 2.24) is 4.48 Å². The van der Waals surface area contributed by atoms with Crippen LogP contribution in [0.5, 0.6) is 0 Å². The number of nitriles is 1. The van der Waals surface area contributed by atoms with Crippen LogP contribution in [0, 0.1) is 11.3 Å². The van der Waals surface area contributed by atoms with Gasteiger partial charge in [-0.2, -0.15) is 14.5 Å². The molecule has 0 radical (unpaired) electrons. The fourth-order valence-electron chi connectivity index (χ4n) is 1.76. The maximum Gasteiger partial charge on any atom is 0.520 e. The van der Waals surface area contributed by atoms with Crippen molar-refractivity contribution in [2.45, 2.75) is 6.04 Å². The zero-order valence-electron chi connectivity index (χ0n) is 8.32. The summed E-state index contributed by atoms with van der Waals surface area (Å²) in [7, 11) is 0. The highest BCUT2D eigenvalue weighted by Gasteiger charge is 2.65. The summed E-state index contributed by atoms with van der Waals surface area (Å²) in [6.45, 7) is 0.184. The van der Waals surface area contributed by atoms with Gasteiger partial charge >= 0.3 is 6.09 Å². The van der Waals surface area contributed by atoms with E-state index in [1.54, 1.807) is 0 Å². The molecular weight excluding hydrogens is 286 g/mol. The summed E-state index contributed by atoms with van der Waals surface area (Å²) in [6.07, 6.45) is -1.13. The van der Waals surface area contributed by atoms with Crippen molar-refractivity contribution in [2.75, 3.05) is 6.54 Å². The van der Waals surface area contributed by atoms with Crippen molar-refractivity contribution in [2.24, 2.45) is 0 Å². The number of carbonyl (C=O) groups is 1. The van der Waals surface area contributed by atoms with Crippen LogP contribution >= 0.6 is 34.8 Å². The molecule has 17 heavy (non-hydrogen) atoms. The third kappa shape index (κ3) is 1.76. The van der Waals surface area contributed by atoms with E-state index in [0.717, 1.165) is 0 Å². The Morgan fingerprint density at radius 2 is 1.94 bits per heavy atom. The van der Waals surface area contributed by atoms with Crippen molar-refractivity contribution >= 4 is 46.6 Å². The van der Waals surface area contributed by atoms with E-state index in [1.807, 2.05) is 6.07 Å². The van der Waals surface area contributed by atoms with Crippen molar-refractivity contribution in [3.05, 3.63) is 27.2 Å². The minimum absolute atomic E-state index is 0.184. The van der Waals surface area contributed by atoms with E-state index in [-0.39, 0.29) is 21.6 Å². The molecule has 1 heterocycles. The van der Waals surface area contributed by atoms with Gasteiger partial charge in [-0.3, -0.25) is 0 Å². The first-order valence-corrected chi connectivity index (χ1v) is 5.73. The molecular formula is C10H6Cl3N2O2+. The van der Waals surface area contributed by atoms with Crippen molar-refractivity contribution < 1.29 is 9.90 Å². The van der Waals surface area contributed by atoms with Crippen LogP contribution < -0.4 is 4.48 Å². The molecule has 0 bridgehead atoms. The smallest absolute Gasteiger partial charge is 0.435 e. The summed E-state index contributed by atoms with van der Waals surface area (Å²) < 4.78 is -0.508. The Balaban J connectivity index is 2.58. The Kier molecular flexibility index (Phi) is 2.96. The van der Waals surface area contributed by atoms with Crippen LogP contribution in [0.3, 0.4) is 0 Å². The van der Waals surface area contributed by atoms with Gasteiger partial charge in [0.05, 0.1) is 10.0 Å². The predicted molar refractivity (Wildman–Crippen MR) is 65.6 cm³/mol. The summed E-state index contributed by atoms with van der Waals surface area (Å²) in [5.74, 6) is 0. The van der Waals surface area contributed by atoms with Crippen LogP contribution in [0.2, 0.25) is 15.1 Å². The van der Waals surface area contributed by atoms with Crippen LogP contribution in [-0.2, 0) is 0 Å². The Morgan fingerprint density at radius 3 is 2.41 bits per heavy atom. The van der Waals surface area contributed by atoms with E-state index in [0.29, 0.717) is 5.69 Å². The molecule has 2 rings (SSSR count). The second-order valence-corrected chi connectivity index (χ2v) is 4.92. The Labute approximate surface area is 112 Å². The minimum Gasteiger partial charge on any atom is -0.435 e. The average molecular weight is 293 g/mol. The molecule has 1 N–H and O–H groups in total. The van der Waals surface area contributed by atoms with Crippen molar-refractivity contribution in [1.29, 1.82) is 5.26 Å². The second-order valence-electron chi connectivity index (χ2n) is 3.70. The standard InChI is InChI=1S/C10H5Cl3N2O2/c11-6-1-8(13)9(2-7(6)12)15(10(16)17)4-5(15)3-14/h1-2,5H,4H2/p+1. The predicted octanol–water partition coefficient (Wildman–Crippen LogP) is 3.54. The number of carboxylic acid groups (broad SMARTS) is 1. The molecule has 1 aliphatic rings. The molecule has 1 aromatic rings. The molecule has 7 heteroatoms. The van der Waals surface area contributed by atoms with E-state index < -0.39 is 16.6 Å². The normalized spacial score (nSPS) is 26.4. The molecule has 0 aromatic heterocycles. The molecule has 0 saturated carbocycles. The van der Waals surface area contributed by atoms with Gasteiger partial charge in [0.25, 0.3) is 0 Å². The third-order valence-electron chi connectivity index (χ3n) is 2.77. The highest BCUT2D eigenvalue weighted by Crippen LogP contribution is 2.45. The van der Waals surface area contributed by atoms with E-state index in [2.05, 4.69) is 0 Å². The van der Waals surface area contributed by atoms with Crippen LogP contribution in [0.1, 0.15) is 0 Å². The second kappa shape index (κ2) is 4.04. The first-order chi connectivity index (χ1) is 7.93. The van der Waals surface area contributed by atoms with E-state index >= 15 is 0 Å². The van der Waals surface area contributed by atoms with Gasteiger partial charge in [-0.1, -0.05) is 34.8 Å². The molecule has 1 aliphatic heterocycles. The number of nitrogens with zero attached hydrogens (tertiary/aromatic N) is 2. The average Bonchev–Trinajstić information content (AvgIpc) is 2.99. The molecule has 4 nitrogen and oxygen atoms in total. The molecule has 88 valence electrons. The molecule has 2 unspecified atom stereocenters. The lowest BCUT2D eigenvalue weighted by molar-refractivity contribution is 0.178. The monoisotopic (exact) mass is 291 g/mol. The maximum absolute atomic E-state index is 11.3. The first-order valence-electron chi connectivity index (χ1n) is 4.59. The van der Waals surface area contributed by atoms with E-state index in [4.69, 9.17) is 40.1 Å². The molecule has 0 aliphatic carbocycles. The zero-order chi connectivity index (χ0) is 12.8. The lowest BCUT2D eigenvalue weighted by Crippen LogP contribution is -2.35. The van der Waals surface area contributed by atoms with Crippen molar-refractivity contribution in [3.63, 3.8) is 0 Å². The molecule has 1 saturated heterocycles. The van der Waals surface area contributed by atoms with Gasteiger partial charge < -0.3 is 5.11 Å². The number of hydrogen-bond donors (Lipinski definition) is 1. The Hall–Kier alpha value is -0.990. The number of hydrogen-bond acceptors (Lipinski definition) is 2. The quantitative estimate of drug-likeness (QED) is 0.489. The fourth-order valence-corrected chi connectivity index (χ4v) is 2.46. The topological polar surface area (TPSA) is 61.1 Å². The number of halogens is 3. The van der Waals surface area contributed by atoms with Crippen molar-refractivity contribution in [3.8, 4) is 6.07 Å². The van der Waals surface area contributed by atoms with E-state index in [9.17, 15) is 9.90 Å². The number of amides is 1. The van der Waals surface area contributed by atoms with Gasteiger partial charge in [0, 0.05) is 6.07 Å². The Bertz CT molecular complexity index is 555. The van der Waals surface area contributed by atoms with Gasteiger partial charge in [0.1, 0.15) is 11.1 Å². The lowest BCUT2D eigenvalue weighted by atomic mass is 10.3. The molecule has 1 amide bonds. The molecule has 1 aromatic carbocycles. The van der Waals surface area contributed by atoms with Gasteiger partial charge in [-0.05, 0) is 6.07 Å². The summed E-state index contributed by atoms with van der Waals surface area (Å²) in [5, 5.41) is 18.7. The summed E-state index contributed by atoms with van der Waals surface area (Å²) in [4.78, 5) is 11.3. The highest BCUT2D eigenvalue weighted by molar-refractivity contribution is 6.44. The third-order valence-corrected chi connectivity index (χ3v) is 3.79. The highest BCUT2D eigenvalue weighted by atomic mass is 35.5. The lowest BCUT2D eigenvalue weighted by Gasteiger charge is -2.13. The van der Waals surface area contributed by atoms with Crippen LogP contribution in [-0.4, -0.2) is 23.8 Å². The van der Waals surface area contributed by atoms with Crippen LogP contribution in [0.25, 0.3) is 0 Å². The van der Waals surface area contributed by atoms with Gasteiger partial charge in [-0.15, -0.1) is 0 Å². The van der Waals surface area contributed by atoms with Crippen LogP contribution in [0.4, 0.5) is 10.5 Å². The summed E-state index contributed by atoms with van der Waals surface area (Å²) in [6, 6.07) is 4.08. The molecule has 2 atom stereocenters. The first kappa shape index (κ1) is 12.5. The summed E-state index contributed by atoms with van der Waals surface area (Å²) in [5.41, 5.74) is 0.292. The molecule has 0 spiro atoms. The van der Waals surface area contributed by atoms with Gasteiger partial charge in [0.15, 0.2) is 12.2 Å². The minimum atomic E-state index is -1.13. The Morgan fingerprint density at radius 1 is 1.35 bits per heavy atom. The maximum atomic E-state index is 11.3. The number of rotatable bonds is 1. The zero-order valence-corrected chi connectivity index (χ0v) is 10.6. The number of benzene rings is 1. The molecule has 1 fully saturated rings. The van der Waals surface area contributed by atoms with E-state index in [1.165, 1.54) is 12.1 Å². The number of quaternary nitrogens is 1. The summed E-state index contributed by atoms with van der Waals surface area (Å²) >= 11 is 17.6. The SMILES string of the molecule is N#CC1C[N+]1(C(=O)O)c1cc(Cl)c(Cl)cc1Cl. The largest absolute Gasteiger partial charge is 0.520 e. The van der Waals surface area contributed by atoms with Gasteiger partial charge in [0.2, 0.25) is 6.04 Å². The van der Waals surface area contributed by atoms with Gasteiger partial charge in [-0.25, -0.2) is 0 Å². The fraction of sp³-hybridized carbons (Fsp3) is 0.200. The van der Waals surface area contributed by atoms with Crippen LogP contribution in [0.15, 0.2) is 12.1 Å².